The molecule has 0 saturated heterocycles. The minimum atomic E-state index is -0.744. The summed E-state index contributed by atoms with van der Waals surface area (Å²) in [6, 6.07) is 0. The molecule has 1 N–H and O–H groups in total. The van der Waals surface area contributed by atoms with Gasteiger partial charge in [0.05, 0.1) is 0 Å². The van der Waals surface area contributed by atoms with Crippen molar-refractivity contribution in [2.24, 2.45) is 0 Å². The summed E-state index contributed by atoms with van der Waals surface area (Å²) in [5, 5.41) is 6.80. The SMILES string of the molecule is CC(=O)OC(C)(C)C=N. The summed E-state index contributed by atoms with van der Waals surface area (Å²) in [5.74, 6) is -0.358. The van der Waals surface area contributed by atoms with Crippen molar-refractivity contribution < 1.29 is 9.53 Å². The van der Waals surface area contributed by atoms with Gasteiger partial charge in [-0.3, -0.25) is 4.79 Å². The molecule has 0 atom stereocenters. The summed E-state index contributed by atoms with van der Waals surface area (Å²) in [7, 11) is 0. The van der Waals surface area contributed by atoms with Crippen LogP contribution in [0.25, 0.3) is 0 Å². The van der Waals surface area contributed by atoms with Crippen LogP contribution in [-0.2, 0) is 9.53 Å². The molecular weight excluding hydrogens is 118 g/mol. The molecule has 0 spiro atoms. The van der Waals surface area contributed by atoms with Crippen molar-refractivity contribution in [2.45, 2.75) is 26.4 Å². The predicted octanol–water partition coefficient (Wildman–Crippen LogP) is 0.978. The predicted molar refractivity (Wildman–Crippen MR) is 34.6 cm³/mol. The molecule has 0 aliphatic carbocycles. The van der Waals surface area contributed by atoms with Gasteiger partial charge in [0.15, 0.2) is 0 Å². The summed E-state index contributed by atoms with van der Waals surface area (Å²) in [6.45, 7) is 4.63. The molecule has 0 saturated carbocycles. The van der Waals surface area contributed by atoms with Crippen molar-refractivity contribution >= 4 is 12.2 Å². The van der Waals surface area contributed by atoms with Crippen LogP contribution in [0.2, 0.25) is 0 Å². The van der Waals surface area contributed by atoms with Crippen LogP contribution < -0.4 is 0 Å². The maximum absolute atomic E-state index is 10.3. The Labute approximate surface area is 54.5 Å². The minimum absolute atomic E-state index is 0.358. The lowest BCUT2D eigenvalue weighted by molar-refractivity contribution is -0.147. The molecule has 0 unspecified atom stereocenters. The van der Waals surface area contributed by atoms with Gasteiger partial charge in [-0.25, -0.2) is 0 Å². The van der Waals surface area contributed by atoms with E-state index < -0.39 is 5.60 Å². The number of carbonyl (C=O) groups is 1. The van der Waals surface area contributed by atoms with Crippen molar-refractivity contribution in [2.75, 3.05) is 0 Å². The molecule has 0 heterocycles. The van der Waals surface area contributed by atoms with Gasteiger partial charge < -0.3 is 10.1 Å². The second-order valence-corrected chi connectivity index (χ2v) is 2.34. The quantitative estimate of drug-likeness (QED) is 0.446. The molecular formula is C6H11NO2. The highest BCUT2D eigenvalue weighted by Crippen LogP contribution is 2.03. The number of carbonyl (C=O) groups excluding carboxylic acids is 1. The van der Waals surface area contributed by atoms with Crippen LogP contribution in [-0.4, -0.2) is 17.8 Å². The highest BCUT2D eigenvalue weighted by atomic mass is 16.6. The van der Waals surface area contributed by atoms with E-state index >= 15 is 0 Å². The number of nitrogens with one attached hydrogen (secondary N) is 1. The van der Waals surface area contributed by atoms with Crippen LogP contribution in [0.1, 0.15) is 20.8 Å². The van der Waals surface area contributed by atoms with Crippen LogP contribution in [0, 0.1) is 5.41 Å². The molecule has 3 nitrogen and oxygen atoms in total. The van der Waals surface area contributed by atoms with Crippen molar-refractivity contribution in [1.82, 2.24) is 0 Å². The third-order valence-corrected chi connectivity index (χ3v) is 0.754. The first-order valence-corrected chi connectivity index (χ1v) is 2.69. The third kappa shape index (κ3) is 3.70. The molecule has 0 amide bonds. The zero-order chi connectivity index (χ0) is 7.49. The Balaban J connectivity index is 3.86. The number of hydrogen-bond acceptors (Lipinski definition) is 3. The molecule has 0 aromatic rings. The van der Waals surface area contributed by atoms with E-state index in [-0.39, 0.29) is 5.97 Å². The first-order chi connectivity index (χ1) is 3.98. The van der Waals surface area contributed by atoms with Gasteiger partial charge in [0.1, 0.15) is 5.60 Å². The zero-order valence-electron chi connectivity index (χ0n) is 5.89. The van der Waals surface area contributed by atoms with Gasteiger partial charge >= 0.3 is 5.97 Å². The normalized spacial score (nSPS) is 10.6. The average molecular weight is 129 g/mol. The van der Waals surface area contributed by atoms with E-state index in [1.807, 2.05) is 0 Å². The maximum atomic E-state index is 10.3. The summed E-state index contributed by atoms with van der Waals surface area (Å²) in [6.07, 6.45) is 1.09. The van der Waals surface area contributed by atoms with Gasteiger partial charge in [-0.15, -0.1) is 0 Å². The molecule has 0 bridgehead atoms. The largest absolute Gasteiger partial charge is 0.454 e. The van der Waals surface area contributed by atoms with E-state index in [0.29, 0.717) is 0 Å². The highest BCUT2D eigenvalue weighted by molar-refractivity contribution is 5.73. The number of esters is 1. The first-order valence-electron chi connectivity index (χ1n) is 2.69. The molecule has 0 aliphatic heterocycles. The van der Waals surface area contributed by atoms with Crippen molar-refractivity contribution in [1.29, 1.82) is 5.41 Å². The smallest absolute Gasteiger partial charge is 0.303 e. The summed E-state index contributed by atoms with van der Waals surface area (Å²) in [5.41, 5.74) is -0.744. The first kappa shape index (κ1) is 8.14. The Hall–Kier alpha value is -0.860. The standard InChI is InChI=1S/C6H11NO2/c1-5(8)9-6(2,3)4-7/h4,7H,1-3H3. The van der Waals surface area contributed by atoms with E-state index in [4.69, 9.17) is 10.1 Å². The van der Waals surface area contributed by atoms with Crippen LogP contribution >= 0.6 is 0 Å². The number of rotatable bonds is 2. The Kier molecular flexibility index (Phi) is 2.37. The van der Waals surface area contributed by atoms with Gasteiger partial charge in [0, 0.05) is 13.1 Å². The maximum Gasteiger partial charge on any atom is 0.303 e. The lowest BCUT2D eigenvalue weighted by Gasteiger charge is -2.17. The number of hydrogen-bond donors (Lipinski definition) is 1. The lowest BCUT2D eigenvalue weighted by atomic mass is 10.2. The van der Waals surface area contributed by atoms with Crippen molar-refractivity contribution in [3.05, 3.63) is 0 Å². The third-order valence-electron chi connectivity index (χ3n) is 0.754. The van der Waals surface area contributed by atoms with Crippen molar-refractivity contribution in [3.8, 4) is 0 Å². The second kappa shape index (κ2) is 2.62. The van der Waals surface area contributed by atoms with E-state index in [1.54, 1.807) is 13.8 Å². The molecule has 9 heavy (non-hydrogen) atoms. The monoisotopic (exact) mass is 129 g/mol. The van der Waals surface area contributed by atoms with Gasteiger partial charge in [0.25, 0.3) is 0 Å². The minimum Gasteiger partial charge on any atom is -0.454 e. The fraction of sp³-hybridized carbons (Fsp3) is 0.667. The Morgan fingerprint density at radius 1 is 1.67 bits per heavy atom. The molecule has 0 aromatic heterocycles. The van der Waals surface area contributed by atoms with Crippen molar-refractivity contribution in [3.63, 3.8) is 0 Å². The molecule has 52 valence electrons. The molecule has 0 rings (SSSR count). The van der Waals surface area contributed by atoms with Gasteiger partial charge in [-0.05, 0) is 13.8 Å². The Morgan fingerprint density at radius 3 is 2.22 bits per heavy atom. The molecule has 0 aromatic carbocycles. The summed E-state index contributed by atoms with van der Waals surface area (Å²) < 4.78 is 4.70. The van der Waals surface area contributed by atoms with E-state index in [1.165, 1.54) is 6.92 Å². The van der Waals surface area contributed by atoms with Crippen LogP contribution in [0.4, 0.5) is 0 Å². The molecule has 3 heteroatoms. The zero-order valence-corrected chi connectivity index (χ0v) is 5.89. The lowest BCUT2D eigenvalue weighted by Crippen LogP contribution is -2.27. The Bertz CT molecular complexity index is 129. The molecule has 0 radical (unpaired) electrons. The fourth-order valence-electron chi connectivity index (χ4n) is 0.400. The van der Waals surface area contributed by atoms with E-state index in [2.05, 4.69) is 0 Å². The average Bonchev–Trinajstić information content (AvgIpc) is 1.63. The van der Waals surface area contributed by atoms with E-state index in [0.717, 1.165) is 6.21 Å². The topological polar surface area (TPSA) is 50.2 Å². The molecule has 0 aliphatic rings. The van der Waals surface area contributed by atoms with Crippen LogP contribution in [0.3, 0.4) is 0 Å². The van der Waals surface area contributed by atoms with Gasteiger partial charge in [0.2, 0.25) is 0 Å². The summed E-state index contributed by atoms with van der Waals surface area (Å²) >= 11 is 0. The fourth-order valence-corrected chi connectivity index (χ4v) is 0.400. The van der Waals surface area contributed by atoms with Crippen LogP contribution in [0.15, 0.2) is 0 Å². The number of ether oxygens (including phenoxy) is 1. The van der Waals surface area contributed by atoms with E-state index in [9.17, 15) is 4.79 Å². The Morgan fingerprint density at radius 2 is 2.11 bits per heavy atom. The second-order valence-electron chi connectivity index (χ2n) is 2.34. The summed E-state index contributed by atoms with van der Waals surface area (Å²) in [4.78, 5) is 10.3. The van der Waals surface area contributed by atoms with Gasteiger partial charge in [-0.2, -0.15) is 0 Å². The molecule has 0 fully saturated rings. The highest BCUT2D eigenvalue weighted by Gasteiger charge is 2.16. The van der Waals surface area contributed by atoms with Gasteiger partial charge in [-0.1, -0.05) is 0 Å². The van der Waals surface area contributed by atoms with Crippen LogP contribution in [0.5, 0.6) is 0 Å².